The van der Waals surface area contributed by atoms with Crippen LogP contribution in [0.15, 0.2) is 0 Å². The molecule has 90 valence electrons. The molecule has 15 heavy (non-hydrogen) atoms. The second kappa shape index (κ2) is 6.46. The summed E-state index contributed by atoms with van der Waals surface area (Å²) < 4.78 is 5.45. The second-order valence-electron chi connectivity index (χ2n) is 4.77. The van der Waals surface area contributed by atoms with E-state index in [4.69, 9.17) is 4.74 Å². The number of piperidine rings is 1. The molecule has 0 amide bonds. The topological polar surface area (TPSA) is 24.5 Å². The summed E-state index contributed by atoms with van der Waals surface area (Å²) in [4.78, 5) is 2.57. The quantitative estimate of drug-likeness (QED) is 0.747. The number of ether oxygens (including phenoxy) is 1. The van der Waals surface area contributed by atoms with Gasteiger partial charge in [0, 0.05) is 19.7 Å². The molecule has 3 unspecified atom stereocenters. The Morgan fingerprint density at radius 2 is 2.20 bits per heavy atom. The van der Waals surface area contributed by atoms with E-state index in [1.54, 1.807) is 0 Å². The number of nitrogens with zero attached hydrogens (tertiary/aromatic N) is 1. The third-order valence-electron chi connectivity index (χ3n) is 3.67. The van der Waals surface area contributed by atoms with Crippen molar-refractivity contribution < 1.29 is 4.74 Å². The summed E-state index contributed by atoms with van der Waals surface area (Å²) >= 11 is 0. The van der Waals surface area contributed by atoms with E-state index in [0.717, 1.165) is 13.1 Å². The molecule has 0 radical (unpaired) electrons. The van der Waals surface area contributed by atoms with Gasteiger partial charge in [0.15, 0.2) is 0 Å². The van der Waals surface area contributed by atoms with Crippen LogP contribution in [0.1, 0.15) is 26.7 Å². The number of rotatable bonds is 5. The minimum Gasteiger partial charge on any atom is -0.380 e. The summed E-state index contributed by atoms with van der Waals surface area (Å²) in [7, 11) is 3.85. The number of hydrogen-bond acceptors (Lipinski definition) is 3. The Labute approximate surface area is 94.2 Å². The van der Waals surface area contributed by atoms with Crippen molar-refractivity contribution in [2.24, 2.45) is 5.92 Å². The van der Waals surface area contributed by atoms with E-state index in [0.29, 0.717) is 18.1 Å². The normalized spacial score (nSPS) is 27.6. The van der Waals surface area contributed by atoms with Gasteiger partial charge >= 0.3 is 0 Å². The molecule has 1 rings (SSSR count). The maximum atomic E-state index is 5.45. The van der Waals surface area contributed by atoms with E-state index in [1.807, 2.05) is 14.2 Å². The van der Waals surface area contributed by atoms with Crippen molar-refractivity contribution in [3.05, 3.63) is 0 Å². The molecule has 1 N–H and O–H groups in total. The van der Waals surface area contributed by atoms with E-state index < -0.39 is 0 Å². The van der Waals surface area contributed by atoms with Gasteiger partial charge in [-0.15, -0.1) is 0 Å². The highest BCUT2D eigenvalue weighted by Gasteiger charge is 2.25. The Kier molecular flexibility index (Phi) is 5.58. The third-order valence-corrected chi connectivity index (χ3v) is 3.67. The van der Waals surface area contributed by atoms with Crippen molar-refractivity contribution in [1.29, 1.82) is 0 Å². The van der Waals surface area contributed by atoms with Crippen molar-refractivity contribution in [2.75, 3.05) is 33.8 Å². The molecule has 3 heteroatoms. The summed E-state index contributed by atoms with van der Waals surface area (Å²) in [5.41, 5.74) is 0. The summed E-state index contributed by atoms with van der Waals surface area (Å²) in [6.45, 7) is 8.08. The fourth-order valence-corrected chi connectivity index (χ4v) is 2.38. The van der Waals surface area contributed by atoms with Gasteiger partial charge in [0.2, 0.25) is 0 Å². The smallest absolute Gasteiger partial charge is 0.0698 e. The SMILES string of the molecule is CNCC(C)C(C)N1CCCC(OC)C1. The Morgan fingerprint density at radius 3 is 2.80 bits per heavy atom. The highest BCUT2D eigenvalue weighted by Crippen LogP contribution is 2.18. The highest BCUT2D eigenvalue weighted by molar-refractivity contribution is 4.80. The number of hydrogen-bond donors (Lipinski definition) is 1. The molecule has 0 aromatic carbocycles. The van der Waals surface area contributed by atoms with E-state index in [1.165, 1.54) is 19.4 Å². The predicted molar refractivity (Wildman–Crippen MR) is 64.2 cm³/mol. The first-order valence-corrected chi connectivity index (χ1v) is 6.10. The largest absolute Gasteiger partial charge is 0.380 e. The molecule has 0 aromatic heterocycles. The molecule has 1 aliphatic rings. The van der Waals surface area contributed by atoms with Crippen molar-refractivity contribution in [3.8, 4) is 0 Å². The van der Waals surface area contributed by atoms with Gasteiger partial charge in [-0.2, -0.15) is 0 Å². The monoisotopic (exact) mass is 214 g/mol. The maximum absolute atomic E-state index is 5.45. The van der Waals surface area contributed by atoms with Crippen LogP contribution < -0.4 is 5.32 Å². The molecule has 1 fully saturated rings. The first-order valence-electron chi connectivity index (χ1n) is 6.10. The Hall–Kier alpha value is -0.120. The molecule has 0 bridgehead atoms. The average Bonchev–Trinajstić information content (AvgIpc) is 2.28. The molecule has 3 atom stereocenters. The zero-order chi connectivity index (χ0) is 11.3. The fraction of sp³-hybridized carbons (Fsp3) is 1.00. The Morgan fingerprint density at radius 1 is 1.47 bits per heavy atom. The number of likely N-dealkylation sites (tertiary alicyclic amines) is 1. The standard InChI is InChI=1S/C12H26N2O/c1-10(8-13-3)11(2)14-7-5-6-12(9-14)15-4/h10-13H,5-9H2,1-4H3. The van der Waals surface area contributed by atoms with Crippen LogP contribution in [0.2, 0.25) is 0 Å². The van der Waals surface area contributed by atoms with Gasteiger partial charge in [-0.3, -0.25) is 4.90 Å². The van der Waals surface area contributed by atoms with E-state index in [-0.39, 0.29) is 0 Å². The van der Waals surface area contributed by atoms with Gasteiger partial charge < -0.3 is 10.1 Å². The van der Waals surface area contributed by atoms with E-state index in [9.17, 15) is 0 Å². The zero-order valence-electron chi connectivity index (χ0n) is 10.6. The van der Waals surface area contributed by atoms with Crippen molar-refractivity contribution >= 4 is 0 Å². The Bertz CT molecular complexity index is 175. The van der Waals surface area contributed by atoms with Crippen LogP contribution >= 0.6 is 0 Å². The summed E-state index contributed by atoms with van der Waals surface area (Å²) in [5.74, 6) is 0.700. The van der Waals surface area contributed by atoms with Crippen LogP contribution in [-0.2, 0) is 4.74 Å². The molecule has 0 aromatic rings. The van der Waals surface area contributed by atoms with Crippen molar-refractivity contribution in [2.45, 2.75) is 38.8 Å². The lowest BCUT2D eigenvalue weighted by atomic mass is 9.98. The van der Waals surface area contributed by atoms with Crippen molar-refractivity contribution in [3.63, 3.8) is 0 Å². The van der Waals surface area contributed by atoms with Gasteiger partial charge in [0.05, 0.1) is 6.10 Å². The van der Waals surface area contributed by atoms with E-state index >= 15 is 0 Å². The summed E-state index contributed by atoms with van der Waals surface area (Å²) in [6.07, 6.45) is 2.94. The molecule has 3 nitrogen and oxygen atoms in total. The maximum Gasteiger partial charge on any atom is 0.0698 e. The minimum atomic E-state index is 0.447. The average molecular weight is 214 g/mol. The first-order chi connectivity index (χ1) is 7.19. The van der Waals surface area contributed by atoms with Gasteiger partial charge in [-0.1, -0.05) is 6.92 Å². The second-order valence-corrected chi connectivity index (χ2v) is 4.77. The summed E-state index contributed by atoms with van der Waals surface area (Å²) in [5, 5.41) is 3.25. The van der Waals surface area contributed by atoms with Gasteiger partial charge in [0.1, 0.15) is 0 Å². The third kappa shape index (κ3) is 3.74. The van der Waals surface area contributed by atoms with Gasteiger partial charge in [0.25, 0.3) is 0 Å². The molecular weight excluding hydrogens is 188 g/mol. The summed E-state index contributed by atoms with van der Waals surface area (Å²) in [6, 6.07) is 0.649. The zero-order valence-corrected chi connectivity index (χ0v) is 10.6. The van der Waals surface area contributed by atoms with Crippen LogP contribution in [-0.4, -0.2) is 50.8 Å². The van der Waals surface area contributed by atoms with Crippen molar-refractivity contribution in [1.82, 2.24) is 10.2 Å². The van der Waals surface area contributed by atoms with Gasteiger partial charge in [-0.05, 0) is 45.8 Å². The van der Waals surface area contributed by atoms with Crippen LogP contribution in [0.25, 0.3) is 0 Å². The predicted octanol–water partition coefficient (Wildman–Crippen LogP) is 1.34. The van der Waals surface area contributed by atoms with Crippen LogP contribution in [0.3, 0.4) is 0 Å². The lowest BCUT2D eigenvalue weighted by Gasteiger charge is -2.38. The molecule has 0 saturated carbocycles. The fourth-order valence-electron chi connectivity index (χ4n) is 2.38. The Balaban J connectivity index is 2.40. The van der Waals surface area contributed by atoms with Gasteiger partial charge in [-0.25, -0.2) is 0 Å². The lowest BCUT2D eigenvalue weighted by Crippen LogP contribution is -2.47. The first kappa shape index (κ1) is 12.9. The molecule has 1 saturated heterocycles. The van der Waals surface area contributed by atoms with Crippen LogP contribution in [0.5, 0.6) is 0 Å². The molecule has 1 heterocycles. The molecular formula is C12H26N2O. The van der Waals surface area contributed by atoms with E-state index in [2.05, 4.69) is 24.1 Å². The lowest BCUT2D eigenvalue weighted by molar-refractivity contribution is 0.00842. The highest BCUT2D eigenvalue weighted by atomic mass is 16.5. The number of nitrogens with one attached hydrogen (secondary N) is 1. The molecule has 1 aliphatic heterocycles. The minimum absolute atomic E-state index is 0.447. The molecule has 0 spiro atoms. The number of methoxy groups -OCH3 is 1. The van der Waals surface area contributed by atoms with Crippen LogP contribution in [0.4, 0.5) is 0 Å². The molecule has 0 aliphatic carbocycles. The van der Waals surface area contributed by atoms with Crippen LogP contribution in [0, 0.1) is 5.92 Å².